The van der Waals surface area contributed by atoms with E-state index in [0.29, 0.717) is 24.7 Å². The van der Waals surface area contributed by atoms with E-state index >= 15 is 0 Å². The highest BCUT2D eigenvalue weighted by Gasteiger charge is 2.42. The van der Waals surface area contributed by atoms with Gasteiger partial charge < -0.3 is 14.6 Å². The van der Waals surface area contributed by atoms with Crippen LogP contribution in [0.15, 0.2) is 36.0 Å². The number of hydrogen-bond donors (Lipinski definition) is 1. The lowest BCUT2D eigenvalue weighted by Gasteiger charge is -2.39. The molecular formula is C20H24F3N3O4S. The zero-order chi connectivity index (χ0) is 22.3. The van der Waals surface area contributed by atoms with Crippen molar-refractivity contribution in [3.8, 4) is 0 Å². The molecule has 2 aromatic heterocycles. The minimum absolute atomic E-state index is 0.291. The Morgan fingerprint density at radius 3 is 2.74 bits per heavy atom. The maximum absolute atomic E-state index is 10.6. The Morgan fingerprint density at radius 2 is 2.10 bits per heavy atom. The topological polar surface area (TPSA) is 84.8 Å². The molecule has 7 nitrogen and oxygen atoms in total. The number of pyridine rings is 1. The Bertz CT molecular complexity index is 808. The van der Waals surface area contributed by atoms with Crippen LogP contribution in [-0.4, -0.2) is 64.0 Å². The molecule has 11 heteroatoms. The van der Waals surface area contributed by atoms with Gasteiger partial charge in [-0.15, -0.1) is 11.3 Å². The second-order valence-corrected chi connectivity index (χ2v) is 8.25. The van der Waals surface area contributed by atoms with Crippen LogP contribution in [0.1, 0.15) is 23.5 Å². The fraction of sp³-hybridized carbons (Fsp3) is 0.550. The number of fused-ring (bicyclic) bond motifs is 1. The van der Waals surface area contributed by atoms with E-state index in [4.69, 9.17) is 19.4 Å². The number of aromatic nitrogens is 2. The van der Waals surface area contributed by atoms with E-state index in [9.17, 15) is 13.2 Å². The molecule has 0 radical (unpaired) electrons. The van der Waals surface area contributed by atoms with E-state index in [2.05, 4.69) is 27.0 Å². The van der Waals surface area contributed by atoms with Gasteiger partial charge in [0, 0.05) is 42.8 Å². The Labute approximate surface area is 181 Å². The number of nitrogens with zero attached hydrogens (tertiary/aromatic N) is 3. The van der Waals surface area contributed by atoms with Crippen molar-refractivity contribution < 1.29 is 32.5 Å². The summed E-state index contributed by atoms with van der Waals surface area (Å²) in [5.41, 5.74) is 1.14. The van der Waals surface area contributed by atoms with Gasteiger partial charge in [0.15, 0.2) is 0 Å². The molecule has 3 heterocycles. The van der Waals surface area contributed by atoms with Gasteiger partial charge in [-0.2, -0.15) is 13.2 Å². The Balaban J connectivity index is 0.000000339. The highest BCUT2D eigenvalue weighted by atomic mass is 32.1. The molecular weight excluding hydrogens is 435 g/mol. The van der Waals surface area contributed by atoms with Crippen LogP contribution in [0.2, 0.25) is 0 Å². The molecule has 3 unspecified atom stereocenters. The molecule has 1 N–H and O–H groups in total. The number of ether oxygens (including phenoxy) is 2. The van der Waals surface area contributed by atoms with Crippen LogP contribution < -0.4 is 0 Å². The SMILES string of the molecule is O=C(O)C(F)(F)F.c1ccc(CN2CCOC3C(COCc4nccs4)CCC32)nc1. The monoisotopic (exact) mass is 459 g/mol. The third kappa shape index (κ3) is 6.96. The number of carbonyl (C=O) groups is 1. The van der Waals surface area contributed by atoms with Gasteiger partial charge >= 0.3 is 12.1 Å². The summed E-state index contributed by atoms with van der Waals surface area (Å²) in [6, 6.07) is 6.63. The molecule has 170 valence electrons. The first-order valence-corrected chi connectivity index (χ1v) is 10.7. The van der Waals surface area contributed by atoms with Crippen molar-refractivity contribution in [3.05, 3.63) is 46.7 Å². The van der Waals surface area contributed by atoms with Crippen molar-refractivity contribution in [2.24, 2.45) is 5.92 Å². The van der Waals surface area contributed by atoms with Gasteiger partial charge in [-0.3, -0.25) is 9.88 Å². The summed E-state index contributed by atoms with van der Waals surface area (Å²) in [4.78, 5) is 20.2. The van der Waals surface area contributed by atoms with Crippen LogP contribution in [0, 0.1) is 5.92 Å². The fourth-order valence-corrected chi connectivity index (χ4v) is 4.38. The van der Waals surface area contributed by atoms with Crippen molar-refractivity contribution >= 4 is 17.3 Å². The molecule has 4 rings (SSSR count). The summed E-state index contributed by atoms with van der Waals surface area (Å²) in [6.45, 7) is 4.08. The first-order chi connectivity index (χ1) is 14.8. The quantitative estimate of drug-likeness (QED) is 0.709. The fourth-order valence-electron chi connectivity index (χ4n) is 3.83. The molecule has 1 saturated heterocycles. The van der Waals surface area contributed by atoms with Gasteiger partial charge in [-0.05, 0) is 25.0 Å². The maximum Gasteiger partial charge on any atom is 0.490 e. The highest BCUT2D eigenvalue weighted by molar-refractivity contribution is 7.09. The molecule has 0 spiro atoms. The summed E-state index contributed by atoms with van der Waals surface area (Å²) in [5.74, 6) is -2.27. The number of carboxylic acid groups (broad SMARTS) is 1. The largest absolute Gasteiger partial charge is 0.490 e. The maximum atomic E-state index is 10.6. The van der Waals surface area contributed by atoms with Gasteiger partial charge in [-0.25, -0.2) is 9.78 Å². The molecule has 2 fully saturated rings. The third-order valence-electron chi connectivity index (χ3n) is 5.21. The Kier molecular flexibility index (Phi) is 8.35. The van der Waals surface area contributed by atoms with Gasteiger partial charge in [0.2, 0.25) is 0 Å². The van der Waals surface area contributed by atoms with E-state index in [1.807, 2.05) is 23.8 Å². The number of morpholine rings is 1. The average molecular weight is 459 g/mol. The van der Waals surface area contributed by atoms with E-state index < -0.39 is 12.1 Å². The number of rotatable bonds is 6. The van der Waals surface area contributed by atoms with E-state index in [1.54, 1.807) is 11.3 Å². The second-order valence-electron chi connectivity index (χ2n) is 7.28. The van der Waals surface area contributed by atoms with Gasteiger partial charge in [0.1, 0.15) is 5.01 Å². The van der Waals surface area contributed by atoms with Crippen LogP contribution in [-0.2, 0) is 27.4 Å². The number of halogens is 3. The zero-order valence-corrected chi connectivity index (χ0v) is 17.5. The number of carboxylic acids is 1. The van der Waals surface area contributed by atoms with Gasteiger partial charge in [0.25, 0.3) is 0 Å². The van der Waals surface area contributed by atoms with Crippen molar-refractivity contribution in [2.45, 2.75) is 44.3 Å². The summed E-state index contributed by atoms with van der Waals surface area (Å²) < 4.78 is 43.8. The summed E-state index contributed by atoms with van der Waals surface area (Å²) in [7, 11) is 0. The normalized spacial score (nSPS) is 23.6. The van der Waals surface area contributed by atoms with E-state index in [0.717, 1.165) is 37.0 Å². The summed E-state index contributed by atoms with van der Waals surface area (Å²) >= 11 is 1.65. The molecule has 0 amide bonds. The third-order valence-corrected chi connectivity index (χ3v) is 5.96. The zero-order valence-electron chi connectivity index (χ0n) is 16.7. The van der Waals surface area contributed by atoms with Crippen molar-refractivity contribution in [3.63, 3.8) is 0 Å². The number of aliphatic carboxylic acids is 1. The lowest BCUT2D eigenvalue weighted by molar-refractivity contribution is -0.192. The van der Waals surface area contributed by atoms with E-state index in [1.165, 1.54) is 12.8 Å². The molecule has 31 heavy (non-hydrogen) atoms. The molecule has 2 aliphatic rings. The van der Waals surface area contributed by atoms with Gasteiger partial charge in [0.05, 0.1) is 31.6 Å². The molecule has 2 aromatic rings. The van der Waals surface area contributed by atoms with Crippen LogP contribution in [0.25, 0.3) is 0 Å². The minimum Gasteiger partial charge on any atom is -0.475 e. The van der Waals surface area contributed by atoms with Crippen LogP contribution in [0.4, 0.5) is 13.2 Å². The number of thiazole rings is 1. The predicted octanol–water partition coefficient (Wildman–Crippen LogP) is 3.37. The van der Waals surface area contributed by atoms with Gasteiger partial charge in [-0.1, -0.05) is 6.07 Å². The highest BCUT2D eigenvalue weighted by Crippen LogP contribution is 2.35. The van der Waals surface area contributed by atoms with E-state index in [-0.39, 0.29) is 0 Å². The minimum atomic E-state index is -5.08. The summed E-state index contributed by atoms with van der Waals surface area (Å²) in [5, 5.41) is 10.2. The molecule has 3 atom stereocenters. The molecule has 1 aliphatic heterocycles. The van der Waals surface area contributed by atoms with Crippen LogP contribution >= 0.6 is 11.3 Å². The molecule has 1 saturated carbocycles. The number of hydrogen-bond acceptors (Lipinski definition) is 7. The van der Waals surface area contributed by atoms with Crippen LogP contribution in [0.3, 0.4) is 0 Å². The average Bonchev–Trinajstić information content (AvgIpc) is 3.40. The number of alkyl halides is 3. The first-order valence-electron chi connectivity index (χ1n) is 9.86. The van der Waals surface area contributed by atoms with Crippen molar-refractivity contribution in [2.75, 3.05) is 19.8 Å². The Hall–Kier alpha value is -2.08. The predicted molar refractivity (Wildman–Crippen MR) is 106 cm³/mol. The lowest BCUT2D eigenvalue weighted by atomic mass is 10.0. The second kappa shape index (κ2) is 11.0. The molecule has 0 bridgehead atoms. The lowest BCUT2D eigenvalue weighted by Crippen LogP contribution is -2.50. The van der Waals surface area contributed by atoms with Crippen molar-refractivity contribution in [1.29, 1.82) is 0 Å². The smallest absolute Gasteiger partial charge is 0.475 e. The molecule has 0 aromatic carbocycles. The first kappa shape index (κ1) is 23.6. The molecule has 1 aliphatic carbocycles. The van der Waals surface area contributed by atoms with Crippen LogP contribution in [0.5, 0.6) is 0 Å². The van der Waals surface area contributed by atoms with Crippen molar-refractivity contribution in [1.82, 2.24) is 14.9 Å². The standard InChI is InChI=1S/C18H23N3O2S.C2HF3O2/c1-2-6-19-15(3-1)11-21-8-9-23-18-14(4-5-16(18)21)12-22-13-17-20-7-10-24-17;3-2(4,5)1(6)7/h1-3,6-7,10,14,16,18H,4-5,8-9,11-13H2;(H,6,7). The summed E-state index contributed by atoms with van der Waals surface area (Å²) in [6.07, 6.45) is 1.26. The Morgan fingerprint density at radius 1 is 1.29 bits per heavy atom.